The van der Waals surface area contributed by atoms with Gasteiger partial charge in [0.25, 0.3) is 0 Å². The molecular formula is C25H22F4N2O4S. The molecule has 1 aliphatic rings. The molecule has 0 spiro atoms. The number of carbonyl (C=O) groups excluding carboxylic acids is 1. The molecule has 3 aromatic carbocycles. The molecule has 1 heterocycles. The molecule has 11 heteroatoms. The van der Waals surface area contributed by atoms with Crippen LogP contribution < -0.4 is 10.1 Å². The number of hydrogen-bond acceptors (Lipinski definition) is 4. The van der Waals surface area contributed by atoms with Crippen LogP contribution in [-0.4, -0.2) is 37.6 Å². The number of amides is 1. The number of nitrogens with one attached hydrogen (secondary N) is 1. The number of para-hydroxylation sites is 1. The summed E-state index contributed by atoms with van der Waals surface area (Å²) >= 11 is 0. The van der Waals surface area contributed by atoms with E-state index < -0.39 is 34.2 Å². The maximum absolute atomic E-state index is 13.2. The summed E-state index contributed by atoms with van der Waals surface area (Å²) in [5, 5.41) is 2.72. The van der Waals surface area contributed by atoms with Crippen LogP contribution in [0.2, 0.25) is 0 Å². The number of sulfonamides is 1. The lowest BCUT2D eigenvalue weighted by Gasteiger charge is -2.23. The van der Waals surface area contributed by atoms with E-state index in [-0.39, 0.29) is 29.3 Å². The third-order valence-electron chi connectivity index (χ3n) is 5.74. The summed E-state index contributed by atoms with van der Waals surface area (Å²) < 4.78 is 82.8. The van der Waals surface area contributed by atoms with Crippen LogP contribution in [0.3, 0.4) is 0 Å². The Morgan fingerprint density at radius 2 is 1.75 bits per heavy atom. The van der Waals surface area contributed by atoms with Crippen molar-refractivity contribution in [3.8, 4) is 16.9 Å². The van der Waals surface area contributed by atoms with Crippen molar-refractivity contribution in [2.24, 2.45) is 0 Å². The number of alkyl halides is 3. The molecule has 1 atom stereocenters. The molecule has 0 bridgehead atoms. The van der Waals surface area contributed by atoms with Crippen LogP contribution in [0.4, 0.5) is 17.6 Å². The van der Waals surface area contributed by atoms with Crippen LogP contribution in [0.1, 0.15) is 18.4 Å². The second kappa shape index (κ2) is 10.3. The summed E-state index contributed by atoms with van der Waals surface area (Å²) in [6.07, 6.45) is -4.03. The highest BCUT2D eigenvalue weighted by molar-refractivity contribution is 7.89. The van der Waals surface area contributed by atoms with Crippen molar-refractivity contribution in [2.45, 2.75) is 36.7 Å². The van der Waals surface area contributed by atoms with Gasteiger partial charge in [0.1, 0.15) is 17.6 Å². The Hall–Kier alpha value is -3.44. The van der Waals surface area contributed by atoms with E-state index >= 15 is 0 Å². The van der Waals surface area contributed by atoms with E-state index in [1.165, 1.54) is 18.2 Å². The molecule has 1 saturated heterocycles. The zero-order chi connectivity index (χ0) is 25.9. The standard InChI is InChI=1S/C25H22F4N2O4S/c26-19-10-12-20(13-11-19)36(33,34)31-14-4-8-22(31)24(32)30-16-17-5-3-6-18(15-17)21-7-1-2-9-23(21)35-25(27,28)29/h1-3,5-7,9-13,15,22H,4,8,14,16H2,(H,30,32)/t22-/m0/s1. The van der Waals surface area contributed by atoms with E-state index in [0.29, 0.717) is 24.0 Å². The molecule has 3 aromatic rings. The van der Waals surface area contributed by atoms with Crippen molar-refractivity contribution in [1.82, 2.24) is 9.62 Å². The lowest BCUT2D eigenvalue weighted by Crippen LogP contribution is -2.45. The Labute approximate surface area is 205 Å². The third-order valence-corrected chi connectivity index (χ3v) is 7.67. The van der Waals surface area contributed by atoms with Gasteiger partial charge in [0.05, 0.1) is 4.90 Å². The average Bonchev–Trinajstić information content (AvgIpc) is 3.34. The van der Waals surface area contributed by atoms with Crippen molar-refractivity contribution in [1.29, 1.82) is 0 Å². The maximum Gasteiger partial charge on any atom is 0.573 e. The van der Waals surface area contributed by atoms with Crippen molar-refractivity contribution < 1.29 is 35.5 Å². The van der Waals surface area contributed by atoms with E-state index in [4.69, 9.17) is 0 Å². The van der Waals surface area contributed by atoms with Crippen LogP contribution in [0, 0.1) is 5.82 Å². The van der Waals surface area contributed by atoms with Gasteiger partial charge in [-0.1, -0.05) is 36.4 Å². The molecule has 1 aliphatic heterocycles. The fraction of sp³-hybridized carbons (Fsp3) is 0.240. The smallest absolute Gasteiger partial charge is 0.405 e. The minimum absolute atomic E-state index is 0.0376. The molecule has 1 N–H and O–H groups in total. The van der Waals surface area contributed by atoms with E-state index in [1.54, 1.807) is 30.3 Å². The molecule has 0 radical (unpaired) electrons. The Balaban J connectivity index is 1.47. The van der Waals surface area contributed by atoms with Crippen molar-refractivity contribution in [2.75, 3.05) is 6.54 Å². The zero-order valence-corrected chi connectivity index (χ0v) is 19.7. The highest BCUT2D eigenvalue weighted by atomic mass is 32.2. The van der Waals surface area contributed by atoms with Gasteiger partial charge in [0.15, 0.2) is 0 Å². The number of hydrogen-bond donors (Lipinski definition) is 1. The van der Waals surface area contributed by atoms with Gasteiger partial charge >= 0.3 is 6.36 Å². The van der Waals surface area contributed by atoms with Crippen LogP contribution in [-0.2, 0) is 21.4 Å². The van der Waals surface area contributed by atoms with Crippen molar-refractivity contribution in [3.05, 3.63) is 84.2 Å². The first-order chi connectivity index (χ1) is 17.0. The molecule has 0 aromatic heterocycles. The van der Waals surface area contributed by atoms with Gasteiger partial charge in [-0.15, -0.1) is 13.2 Å². The lowest BCUT2D eigenvalue weighted by molar-refractivity contribution is -0.274. The van der Waals surface area contributed by atoms with Crippen molar-refractivity contribution >= 4 is 15.9 Å². The first-order valence-electron chi connectivity index (χ1n) is 11.0. The highest BCUT2D eigenvalue weighted by Crippen LogP contribution is 2.34. The fourth-order valence-electron chi connectivity index (χ4n) is 4.11. The predicted molar refractivity (Wildman–Crippen MR) is 124 cm³/mol. The van der Waals surface area contributed by atoms with Gasteiger partial charge in [-0.3, -0.25) is 4.79 Å². The maximum atomic E-state index is 13.2. The summed E-state index contributed by atoms with van der Waals surface area (Å²) in [4.78, 5) is 12.8. The molecule has 6 nitrogen and oxygen atoms in total. The summed E-state index contributed by atoms with van der Waals surface area (Å²) in [6.45, 7) is 0.194. The Morgan fingerprint density at radius 3 is 2.47 bits per heavy atom. The third kappa shape index (κ3) is 5.85. The number of benzene rings is 3. The molecule has 1 fully saturated rings. The van der Waals surface area contributed by atoms with E-state index in [9.17, 15) is 30.8 Å². The van der Waals surface area contributed by atoms with Gasteiger partial charge in [0, 0.05) is 18.7 Å². The zero-order valence-electron chi connectivity index (χ0n) is 18.8. The normalized spacial score (nSPS) is 16.6. The van der Waals surface area contributed by atoms with Crippen LogP contribution in [0.25, 0.3) is 11.1 Å². The molecule has 1 amide bonds. The second-order valence-corrected chi connectivity index (χ2v) is 10.1. The van der Waals surface area contributed by atoms with Crippen LogP contribution >= 0.6 is 0 Å². The fourth-order valence-corrected chi connectivity index (χ4v) is 5.76. The van der Waals surface area contributed by atoms with Gasteiger partial charge in [-0.2, -0.15) is 4.31 Å². The monoisotopic (exact) mass is 522 g/mol. The minimum atomic E-state index is -4.84. The highest BCUT2D eigenvalue weighted by Gasteiger charge is 2.39. The molecule has 0 unspecified atom stereocenters. The summed E-state index contributed by atoms with van der Waals surface area (Å²) in [5.74, 6) is -1.41. The number of nitrogens with zero attached hydrogens (tertiary/aromatic N) is 1. The van der Waals surface area contributed by atoms with Crippen molar-refractivity contribution in [3.63, 3.8) is 0 Å². The summed E-state index contributed by atoms with van der Waals surface area (Å²) in [6, 6.07) is 15.8. The first kappa shape index (κ1) is 25.6. The van der Waals surface area contributed by atoms with E-state index in [0.717, 1.165) is 28.6 Å². The van der Waals surface area contributed by atoms with Gasteiger partial charge in [-0.05, 0) is 60.4 Å². The molecule has 190 valence electrons. The second-order valence-electron chi connectivity index (χ2n) is 8.19. The number of halogens is 4. The first-order valence-corrected chi connectivity index (χ1v) is 12.5. The molecular weight excluding hydrogens is 500 g/mol. The number of ether oxygens (including phenoxy) is 1. The molecule has 36 heavy (non-hydrogen) atoms. The molecule has 0 saturated carbocycles. The van der Waals surface area contributed by atoms with Gasteiger partial charge in [-0.25, -0.2) is 12.8 Å². The topological polar surface area (TPSA) is 75.7 Å². The lowest BCUT2D eigenvalue weighted by atomic mass is 10.0. The number of rotatable bonds is 7. The largest absolute Gasteiger partial charge is 0.573 e. The Kier molecular flexibility index (Phi) is 7.32. The SMILES string of the molecule is O=C(NCc1cccc(-c2ccccc2OC(F)(F)F)c1)[C@@H]1CCCN1S(=O)(=O)c1ccc(F)cc1. The quantitative estimate of drug-likeness (QED) is 0.450. The van der Waals surface area contributed by atoms with Gasteiger partial charge < -0.3 is 10.1 Å². The van der Waals surface area contributed by atoms with Crippen LogP contribution in [0.5, 0.6) is 5.75 Å². The minimum Gasteiger partial charge on any atom is -0.405 e. The van der Waals surface area contributed by atoms with E-state index in [1.807, 2.05) is 0 Å². The predicted octanol–water partition coefficient (Wildman–Crippen LogP) is 4.86. The Morgan fingerprint density at radius 1 is 1.03 bits per heavy atom. The molecule has 4 rings (SSSR count). The van der Waals surface area contributed by atoms with E-state index in [2.05, 4.69) is 10.1 Å². The molecule has 0 aliphatic carbocycles. The number of carbonyl (C=O) groups is 1. The average molecular weight is 523 g/mol. The summed E-state index contributed by atoms with van der Waals surface area (Å²) in [5.41, 5.74) is 1.30. The van der Waals surface area contributed by atoms with Gasteiger partial charge in [0.2, 0.25) is 15.9 Å². The van der Waals surface area contributed by atoms with Crippen LogP contribution in [0.15, 0.2) is 77.7 Å². The Bertz CT molecular complexity index is 1340. The summed E-state index contributed by atoms with van der Waals surface area (Å²) in [7, 11) is -4.00.